The van der Waals surface area contributed by atoms with Crippen LogP contribution in [-0.4, -0.2) is 44.3 Å². The van der Waals surface area contributed by atoms with Gasteiger partial charge in [0.25, 0.3) is 0 Å². The van der Waals surface area contributed by atoms with Crippen molar-refractivity contribution in [1.29, 1.82) is 0 Å². The number of pyridine rings is 1. The Bertz CT molecular complexity index is 627. The van der Waals surface area contributed by atoms with Crippen LogP contribution in [0.25, 0.3) is 0 Å². The maximum Gasteiger partial charge on any atom is 0.317 e. The second-order valence-corrected chi connectivity index (χ2v) is 5.90. The van der Waals surface area contributed by atoms with E-state index < -0.39 is 0 Å². The van der Waals surface area contributed by atoms with Crippen LogP contribution in [-0.2, 0) is 13.5 Å². The van der Waals surface area contributed by atoms with Gasteiger partial charge in [-0.15, -0.1) is 10.2 Å². The standard InChI is InChI=1S/C17H26N6O/c1-4-5-8-15(14-7-6-10-18-12-14)23(3)17(24)19-11-9-16-21-20-13-22(16)2/h6-7,10,12-13,15H,4-5,8-9,11H2,1-3H3,(H,19,24). The van der Waals surface area contributed by atoms with Crippen LogP contribution in [0.3, 0.4) is 0 Å². The normalized spacial score (nSPS) is 12.0. The van der Waals surface area contributed by atoms with Gasteiger partial charge in [-0.3, -0.25) is 4.98 Å². The molecule has 0 bridgehead atoms. The maximum atomic E-state index is 12.5. The molecule has 2 amide bonds. The van der Waals surface area contributed by atoms with Crippen molar-refractivity contribution < 1.29 is 4.79 Å². The largest absolute Gasteiger partial charge is 0.338 e. The predicted octanol–water partition coefficient (Wildman–Crippen LogP) is 2.33. The van der Waals surface area contributed by atoms with Crippen LogP contribution >= 0.6 is 0 Å². The number of carbonyl (C=O) groups excluding carboxylic acids is 1. The van der Waals surface area contributed by atoms with E-state index in [-0.39, 0.29) is 12.1 Å². The molecule has 2 aromatic heterocycles. The summed E-state index contributed by atoms with van der Waals surface area (Å²) in [4.78, 5) is 18.4. The Labute approximate surface area is 143 Å². The number of hydrogen-bond donors (Lipinski definition) is 1. The van der Waals surface area contributed by atoms with Gasteiger partial charge in [0.15, 0.2) is 0 Å². The number of hydrogen-bond acceptors (Lipinski definition) is 4. The highest BCUT2D eigenvalue weighted by Crippen LogP contribution is 2.24. The van der Waals surface area contributed by atoms with E-state index in [9.17, 15) is 4.79 Å². The van der Waals surface area contributed by atoms with Crippen molar-refractivity contribution >= 4 is 6.03 Å². The molecule has 7 heteroatoms. The van der Waals surface area contributed by atoms with Gasteiger partial charge < -0.3 is 14.8 Å². The first-order valence-electron chi connectivity index (χ1n) is 8.37. The molecule has 0 aliphatic heterocycles. The number of aromatic nitrogens is 4. The Hall–Kier alpha value is -2.44. The van der Waals surface area contributed by atoms with E-state index in [0.29, 0.717) is 13.0 Å². The predicted molar refractivity (Wildman–Crippen MR) is 92.4 cm³/mol. The molecule has 0 spiro atoms. The first-order valence-corrected chi connectivity index (χ1v) is 8.37. The average Bonchev–Trinajstić information content (AvgIpc) is 3.01. The molecule has 2 rings (SSSR count). The van der Waals surface area contributed by atoms with Gasteiger partial charge in [0.2, 0.25) is 0 Å². The SMILES string of the molecule is CCCCC(c1cccnc1)N(C)C(=O)NCCc1nncn1C. The fourth-order valence-corrected chi connectivity index (χ4v) is 2.64. The number of amides is 2. The van der Waals surface area contributed by atoms with E-state index in [1.165, 1.54) is 0 Å². The number of rotatable bonds is 8. The molecule has 0 fully saturated rings. The summed E-state index contributed by atoms with van der Waals surface area (Å²) in [6.07, 6.45) is 8.99. The molecule has 2 heterocycles. The van der Waals surface area contributed by atoms with Gasteiger partial charge in [-0.25, -0.2) is 4.79 Å². The molecule has 1 unspecified atom stereocenters. The van der Waals surface area contributed by atoms with Crippen molar-refractivity contribution in [2.75, 3.05) is 13.6 Å². The molecule has 0 aromatic carbocycles. The van der Waals surface area contributed by atoms with Crippen molar-refractivity contribution in [3.63, 3.8) is 0 Å². The van der Waals surface area contributed by atoms with E-state index in [2.05, 4.69) is 27.4 Å². The van der Waals surface area contributed by atoms with Gasteiger partial charge in [-0.05, 0) is 18.1 Å². The lowest BCUT2D eigenvalue weighted by Crippen LogP contribution is -2.40. The van der Waals surface area contributed by atoms with E-state index in [1.807, 2.05) is 37.0 Å². The molecule has 7 nitrogen and oxygen atoms in total. The highest BCUT2D eigenvalue weighted by molar-refractivity contribution is 5.74. The Balaban J connectivity index is 1.93. The summed E-state index contributed by atoms with van der Waals surface area (Å²) < 4.78 is 1.86. The lowest BCUT2D eigenvalue weighted by Gasteiger charge is -2.28. The fourth-order valence-electron chi connectivity index (χ4n) is 2.64. The number of urea groups is 1. The van der Waals surface area contributed by atoms with Crippen LogP contribution in [0.5, 0.6) is 0 Å². The number of nitrogens with one attached hydrogen (secondary N) is 1. The molecular formula is C17H26N6O. The van der Waals surface area contributed by atoms with Gasteiger partial charge >= 0.3 is 6.03 Å². The van der Waals surface area contributed by atoms with Crippen molar-refractivity contribution in [2.45, 2.75) is 38.6 Å². The summed E-state index contributed by atoms with van der Waals surface area (Å²) in [6, 6.07) is 3.89. The van der Waals surface area contributed by atoms with E-state index in [1.54, 1.807) is 17.4 Å². The molecule has 1 N–H and O–H groups in total. The Kier molecular flexibility index (Phi) is 6.72. The van der Waals surface area contributed by atoms with E-state index in [4.69, 9.17) is 0 Å². The molecule has 2 aromatic rings. The molecule has 24 heavy (non-hydrogen) atoms. The van der Waals surface area contributed by atoms with Crippen LogP contribution in [0.2, 0.25) is 0 Å². The highest BCUT2D eigenvalue weighted by Gasteiger charge is 2.21. The smallest absolute Gasteiger partial charge is 0.317 e. The Morgan fingerprint density at radius 2 is 2.29 bits per heavy atom. The zero-order valence-corrected chi connectivity index (χ0v) is 14.6. The first-order chi connectivity index (χ1) is 11.6. The topological polar surface area (TPSA) is 75.9 Å². The Morgan fingerprint density at radius 3 is 2.92 bits per heavy atom. The van der Waals surface area contributed by atoms with Crippen LogP contribution in [0, 0.1) is 0 Å². The maximum absolute atomic E-state index is 12.5. The Morgan fingerprint density at radius 1 is 1.46 bits per heavy atom. The zero-order valence-electron chi connectivity index (χ0n) is 14.6. The van der Waals surface area contributed by atoms with Gasteiger partial charge in [0.1, 0.15) is 12.2 Å². The molecular weight excluding hydrogens is 304 g/mol. The van der Waals surface area contributed by atoms with Crippen LogP contribution in [0.4, 0.5) is 4.79 Å². The second kappa shape index (κ2) is 9.00. The third-order valence-electron chi connectivity index (χ3n) is 4.12. The minimum Gasteiger partial charge on any atom is -0.338 e. The minimum absolute atomic E-state index is 0.0356. The lowest BCUT2D eigenvalue weighted by atomic mass is 10.0. The van der Waals surface area contributed by atoms with Gasteiger partial charge in [-0.2, -0.15) is 0 Å². The zero-order chi connectivity index (χ0) is 17.4. The quantitative estimate of drug-likeness (QED) is 0.806. The van der Waals surface area contributed by atoms with Gasteiger partial charge in [0.05, 0.1) is 6.04 Å². The van der Waals surface area contributed by atoms with Crippen LogP contribution < -0.4 is 5.32 Å². The minimum atomic E-state index is -0.0814. The van der Waals surface area contributed by atoms with Crippen molar-refractivity contribution in [3.05, 3.63) is 42.2 Å². The van der Waals surface area contributed by atoms with Crippen molar-refractivity contribution in [2.24, 2.45) is 7.05 Å². The second-order valence-electron chi connectivity index (χ2n) is 5.90. The monoisotopic (exact) mass is 330 g/mol. The fraction of sp³-hybridized carbons (Fsp3) is 0.529. The van der Waals surface area contributed by atoms with Crippen LogP contribution in [0.15, 0.2) is 30.9 Å². The van der Waals surface area contributed by atoms with E-state index >= 15 is 0 Å². The molecule has 0 saturated heterocycles. The molecule has 0 saturated carbocycles. The van der Waals surface area contributed by atoms with Crippen molar-refractivity contribution in [1.82, 2.24) is 30.0 Å². The third kappa shape index (κ3) is 4.78. The summed E-state index contributed by atoms with van der Waals surface area (Å²) in [5.74, 6) is 0.854. The lowest BCUT2D eigenvalue weighted by molar-refractivity contribution is 0.186. The summed E-state index contributed by atoms with van der Waals surface area (Å²) in [7, 11) is 3.73. The summed E-state index contributed by atoms with van der Waals surface area (Å²) >= 11 is 0. The summed E-state index contributed by atoms with van der Waals surface area (Å²) in [5.41, 5.74) is 1.07. The molecule has 0 aliphatic carbocycles. The first kappa shape index (κ1) is 17.9. The van der Waals surface area contributed by atoms with E-state index in [0.717, 1.165) is 30.7 Å². The summed E-state index contributed by atoms with van der Waals surface area (Å²) in [5, 5.41) is 10.8. The number of unbranched alkanes of at least 4 members (excludes halogenated alkanes) is 1. The number of nitrogens with zero attached hydrogens (tertiary/aromatic N) is 5. The number of carbonyl (C=O) groups is 1. The third-order valence-corrected chi connectivity index (χ3v) is 4.12. The molecule has 130 valence electrons. The molecule has 0 aliphatic rings. The highest BCUT2D eigenvalue weighted by atomic mass is 16.2. The number of aryl methyl sites for hydroxylation is 1. The van der Waals surface area contributed by atoms with Crippen molar-refractivity contribution in [3.8, 4) is 0 Å². The van der Waals surface area contributed by atoms with Gasteiger partial charge in [-0.1, -0.05) is 25.8 Å². The molecule has 0 radical (unpaired) electrons. The molecule has 1 atom stereocenters. The van der Waals surface area contributed by atoms with Crippen LogP contribution in [0.1, 0.15) is 43.6 Å². The average molecular weight is 330 g/mol. The van der Waals surface area contributed by atoms with Gasteiger partial charge in [0, 0.05) is 39.5 Å². The summed E-state index contributed by atoms with van der Waals surface area (Å²) in [6.45, 7) is 2.69.